The molecule has 1 aliphatic heterocycles. The molecule has 0 saturated carbocycles. The molecule has 2 amide bonds. The Balaban J connectivity index is 1.14. The lowest BCUT2D eigenvalue weighted by molar-refractivity contribution is -0.159. The second kappa shape index (κ2) is 11.8. The Morgan fingerprint density at radius 3 is 2.46 bits per heavy atom. The number of carbonyl (C=O) groups excluding carboxylic acids is 2. The number of aromatic nitrogens is 6. The largest absolute Gasteiger partial charge is 0.433 e. The number of halogens is 4. The van der Waals surface area contributed by atoms with Crippen molar-refractivity contribution >= 4 is 17.6 Å². The number of rotatable bonds is 13. The molecule has 3 heterocycles. The van der Waals surface area contributed by atoms with E-state index in [0.717, 1.165) is 0 Å². The van der Waals surface area contributed by atoms with Gasteiger partial charge in [0.1, 0.15) is 5.75 Å². The Morgan fingerprint density at radius 1 is 1.08 bits per heavy atom. The summed E-state index contributed by atoms with van der Waals surface area (Å²) < 4.78 is 59.4. The number of nitrogens with one attached hydrogen (secondary N) is 2. The minimum Gasteiger partial charge on any atom is -0.433 e. The van der Waals surface area contributed by atoms with Gasteiger partial charge in [-0.2, -0.15) is 8.78 Å². The van der Waals surface area contributed by atoms with Crippen molar-refractivity contribution in [2.45, 2.75) is 51.4 Å². The third kappa shape index (κ3) is 8.73. The van der Waals surface area contributed by atoms with Crippen LogP contribution >= 0.6 is 0 Å². The molecule has 3 aromatic rings. The maximum Gasteiger partial charge on any atom is 0.394 e. The van der Waals surface area contributed by atoms with Crippen molar-refractivity contribution in [1.29, 1.82) is 0 Å². The fourth-order valence-corrected chi connectivity index (χ4v) is 3.83. The zero-order chi connectivity index (χ0) is 28.0. The maximum atomic E-state index is 13.0. The number of anilines is 1. The number of carbonyl (C=O) groups is 2. The normalized spacial score (nSPS) is 15.0. The van der Waals surface area contributed by atoms with Crippen LogP contribution in [0, 0.1) is 0 Å². The summed E-state index contributed by atoms with van der Waals surface area (Å²) in [6.07, 6.45) is 1.12. The van der Waals surface area contributed by atoms with Crippen LogP contribution in [0.15, 0.2) is 36.7 Å². The number of benzene rings is 1. The summed E-state index contributed by atoms with van der Waals surface area (Å²) >= 11 is 0. The molecule has 39 heavy (non-hydrogen) atoms. The van der Waals surface area contributed by atoms with Gasteiger partial charge in [0.15, 0.2) is 11.5 Å². The van der Waals surface area contributed by atoms with E-state index in [-0.39, 0.29) is 30.4 Å². The van der Waals surface area contributed by atoms with E-state index in [1.165, 1.54) is 27.9 Å². The Morgan fingerprint density at radius 2 is 1.77 bits per heavy atom. The van der Waals surface area contributed by atoms with Gasteiger partial charge in [0, 0.05) is 26.6 Å². The molecule has 0 aliphatic carbocycles. The quantitative estimate of drug-likeness (QED) is 0.243. The van der Waals surface area contributed by atoms with Crippen LogP contribution in [-0.2, 0) is 24.4 Å². The van der Waals surface area contributed by atoms with Gasteiger partial charge in [0.25, 0.3) is 11.8 Å². The first-order chi connectivity index (χ1) is 18.4. The summed E-state index contributed by atoms with van der Waals surface area (Å²) in [7, 11) is 0. The van der Waals surface area contributed by atoms with Crippen LogP contribution < -0.4 is 15.4 Å². The topological polar surface area (TPSA) is 132 Å². The van der Waals surface area contributed by atoms with E-state index in [0.29, 0.717) is 38.4 Å². The predicted molar refractivity (Wildman–Crippen MR) is 128 cm³/mol. The fourth-order valence-electron chi connectivity index (χ4n) is 3.83. The Labute approximate surface area is 220 Å². The summed E-state index contributed by atoms with van der Waals surface area (Å²) in [6, 6.07) is 6.03. The molecule has 1 aromatic carbocycles. The molecule has 0 atom stereocenters. The monoisotopic (exact) mass is 553 g/mol. The van der Waals surface area contributed by atoms with Crippen LogP contribution in [0.2, 0.25) is 0 Å². The zero-order valence-corrected chi connectivity index (χ0v) is 21.0. The Hall–Kier alpha value is -4.08. The highest BCUT2D eigenvalue weighted by Gasteiger charge is 2.44. The van der Waals surface area contributed by atoms with Gasteiger partial charge in [0.05, 0.1) is 32.0 Å². The van der Waals surface area contributed by atoms with Crippen molar-refractivity contribution in [3.63, 3.8) is 0 Å². The molecular weight excluding hydrogens is 526 g/mol. The van der Waals surface area contributed by atoms with E-state index in [2.05, 4.69) is 36.0 Å². The lowest BCUT2D eigenvalue weighted by atomic mass is 10.1. The SMILES string of the molecule is CC(F)(F)Oc1cccc(CNC(=O)c2cn(CCCCn3cc(NC(=O)CN4CC(F)(F)C4)nn3)nn2)c1. The summed E-state index contributed by atoms with van der Waals surface area (Å²) in [5.41, 5.74) is 0.690. The van der Waals surface area contributed by atoms with E-state index in [4.69, 9.17) is 0 Å². The number of unbranched alkanes of at least 4 members (excludes halogenated alkanes) is 1. The van der Waals surface area contributed by atoms with Crippen molar-refractivity contribution in [2.24, 2.45) is 0 Å². The first kappa shape index (κ1) is 27.9. The molecular formula is C23H27F4N9O3. The van der Waals surface area contributed by atoms with Crippen LogP contribution in [0.1, 0.15) is 35.8 Å². The van der Waals surface area contributed by atoms with Crippen LogP contribution in [0.4, 0.5) is 23.4 Å². The van der Waals surface area contributed by atoms with E-state index in [1.807, 2.05) is 0 Å². The highest BCUT2D eigenvalue weighted by atomic mass is 19.3. The molecule has 4 rings (SSSR count). The van der Waals surface area contributed by atoms with Gasteiger partial charge in [0.2, 0.25) is 5.91 Å². The minimum atomic E-state index is -3.31. The van der Waals surface area contributed by atoms with E-state index in [1.54, 1.807) is 23.0 Å². The molecule has 1 saturated heterocycles. The highest BCUT2D eigenvalue weighted by molar-refractivity contribution is 5.92. The molecule has 0 radical (unpaired) electrons. The smallest absolute Gasteiger partial charge is 0.394 e. The van der Waals surface area contributed by atoms with Gasteiger partial charge < -0.3 is 15.4 Å². The van der Waals surface area contributed by atoms with Crippen LogP contribution in [0.3, 0.4) is 0 Å². The Bertz CT molecular complexity index is 1280. The molecule has 16 heteroatoms. The maximum absolute atomic E-state index is 13.0. The summed E-state index contributed by atoms with van der Waals surface area (Å²) in [5, 5.41) is 20.8. The number of aryl methyl sites for hydroxylation is 2. The number of likely N-dealkylation sites (tertiary alicyclic amines) is 1. The third-order valence-electron chi connectivity index (χ3n) is 5.53. The van der Waals surface area contributed by atoms with Gasteiger partial charge in [-0.15, -0.1) is 10.2 Å². The van der Waals surface area contributed by atoms with Crippen LogP contribution in [0.5, 0.6) is 5.75 Å². The fraction of sp³-hybridized carbons (Fsp3) is 0.478. The Kier molecular flexibility index (Phi) is 8.42. The molecule has 2 N–H and O–H groups in total. The first-order valence-corrected chi connectivity index (χ1v) is 12.1. The number of hydrogen-bond acceptors (Lipinski definition) is 8. The standard InChI is InChI=1S/C23H27F4N9O3/c1-22(24,25)39-17-6-4-5-16(9-17)10-28-21(38)18-11-35(32-30-18)7-2-3-8-36-12-19(31-33-36)29-20(37)13-34-14-23(26,27)15-34/h4-6,9,11-12H,2-3,7-8,10,13-15H2,1H3,(H,28,38)(H,29,37). The number of hydrogen-bond donors (Lipinski definition) is 2. The molecule has 0 bridgehead atoms. The van der Waals surface area contributed by atoms with Crippen molar-refractivity contribution in [3.05, 3.63) is 47.9 Å². The minimum absolute atomic E-state index is 0.0103. The average molecular weight is 554 g/mol. The van der Waals surface area contributed by atoms with Crippen LogP contribution in [0.25, 0.3) is 0 Å². The van der Waals surface area contributed by atoms with E-state index >= 15 is 0 Å². The zero-order valence-electron chi connectivity index (χ0n) is 21.0. The van der Waals surface area contributed by atoms with Crippen LogP contribution in [-0.4, -0.2) is 78.4 Å². The molecule has 0 spiro atoms. The molecule has 1 aliphatic rings. The van der Waals surface area contributed by atoms with Gasteiger partial charge in [-0.3, -0.25) is 23.9 Å². The first-order valence-electron chi connectivity index (χ1n) is 12.1. The summed E-state index contributed by atoms with van der Waals surface area (Å²) in [6.45, 7) is 0.735. The van der Waals surface area contributed by atoms with Crippen molar-refractivity contribution in [1.82, 2.24) is 40.2 Å². The summed E-state index contributed by atoms with van der Waals surface area (Å²) in [4.78, 5) is 25.7. The molecule has 1 fully saturated rings. The lowest BCUT2D eigenvalue weighted by Crippen LogP contribution is -2.57. The number of alkyl halides is 4. The molecule has 0 unspecified atom stereocenters. The molecule has 210 valence electrons. The number of ether oxygens (including phenoxy) is 1. The molecule has 12 nitrogen and oxygen atoms in total. The van der Waals surface area contributed by atoms with Gasteiger partial charge in [-0.1, -0.05) is 22.6 Å². The predicted octanol–water partition coefficient (Wildman–Crippen LogP) is 2.16. The van der Waals surface area contributed by atoms with E-state index < -0.39 is 36.9 Å². The van der Waals surface area contributed by atoms with Crippen molar-refractivity contribution in [2.75, 3.05) is 25.0 Å². The number of amides is 2. The lowest BCUT2D eigenvalue weighted by Gasteiger charge is -2.37. The molecule has 2 aromatic heterocycles. The van der Waals surface area contributed by atoms with Gasteiger partial charge in [-0.05, 0) is 30.5 Å². The second-order valence-corrected chi connectivity index (χ2v) is 9.23. The third-order valence-corrected chi connectivity index (χ3v) is 5.53. The second-order valence-electron chi connectivity index (χ2n) is 9.23. The van der Waals surface area contributed by atoms with Gasteiger partial charge in [-0.25, -0.2) is 8.78 Å². The number of nitrogens with zero attached hydrogens (tertiary/aromatic N) is 7. The highest BCUT2D eigenvalue weighted by Crippen LogP contribution is 2.26. The van der Waals surface area contributed by atoms with Crippen molar-refractivity contribution < 1.29 is 31.9 Å². The van der Waals surface area contributed by atoms with Crippen molar-refractivity contribution in [3.8, 4) is 5.75 Å². The van der Waals surface area contributed by atoms with E-state index in [9.17, 15) is 27.2 Å². The van der Waals surface area contributed by atoms with Gasteiger partial charge >= 0.3 is 6.11 Å². The summed E-state index contributed by atoms with van der Waals surface area (Å²) in [5.74, 6) is -3.40. The average Bonchev–Trinajstić information content (AvgIpc) is 3.48.